The molecule has 1 aliphatic heterocycles. The van der Waals surface area contributed by atoms with Crippen LogP contribution in [0.3, 0.4) is 0 Å². The highest BCUT2D eigenvalue weighted by molar-refractivity contribution is 4.76. The maximum Gasteiger partial charge on any atom is 0.0876 e. The first kappa shape index (κ1) is 7.54. The molecule has 0 aromatic carbocycles. The lowest BCUT2D eigenvalue weighted by Crippen LogP contribution is -1.90. The average Bonchev–Trinajstić information content (AvgIpc) is 1.96. The first-order valence-corrected chi connectivity index (χ1v) is 3.27. The van der Waals surface area contributed by atoms with E-state index in [0.29, 0.717) is 0 Å². The lowest BCUT2D eigenvalue weighted by Gasteiger charge is -2.01. The fourth-order valence-corrected chi connectivity index (χ4v) is 0.489. The second-order valence-electron chi connectivity index (χ2n) is 1.38. The lowest BCUT2D eigenvalue weighted by atomic mass is 10.3. The zero-order chi connectivity index (χ0) is 6.24. The standard InChI is InChI=1S/C5H8O.C2H6/c1-2-4-6-5-3-1;1-2/h2,4H,1,3,5H2;1-2H3. The van der Waals surface area contributed by atoms with Crippen molar-refractivity contribution in [1.29, 1.82) is 0 Å². The molecule has 1 nitrogen and oxygen atoms in total. The number of allylic oxidation sites excluding steroid dienone is 1. The van der Waals surface area contributed by atoms with Gasteiger partial charge in [-0.05, 0) is 18.9 Å². The molecular weight excluding hydrogens is 100 g/mol. The summed E-state index contributed by atoms with van der Waals surface area (Å²) in [5.41, 5.74) is 0. The van der Waals surface area contributed by atoms with Gasteiger partial charge in [0.1, 0.15) is 0 Å². The Bertz CT molecular complexity index is 49.4. The van der Waals surface area contributed by atoms with Gasteiger partial charge in [0, 0.05) is 0 Å². The van der Waals surface area contributed by atoms with Gasteiger partial charge in [0.25, 0.3) is 0 Å². The van der Waals surface area contributed by atoms with Gasteiger partial charge in [-0.3, -0.25) is 0 Å². The van der Waals surface area contributed by atoms with E-state index in [1.54, 1.807) is 6.26 Å². The van der Waals surface area contributed by atoms with Crippen molar-refractivity contribution in [2.24, 2.45) is 0 Å². The third kappa shape index (κ3) is 3.72. The summed E-state index contributed by atoms with van der Waals surface area (Å²) >= 11 is 0. The third-order valence-corrected chi connectivity index (χ3v) is 0.825. The fraction of sp³-hybridized carbons (Fsp3) is 0.714. The SMILES string of the molecule is C1=COCCC1.CC. The molecule has 0 bridgehead atoms. The van der Waals surface area contributed by atoms with Crippen molar-refractivity contribution in [1.82, 2.24) is 0 Å². The summed E-state index contributed by atoms with van der Waals surface area (Å²) in [5, 5.41) is 0. The average molecular weight is 114 g/mol. The Hall–Kier alpha value is -0.460. The molecule has 0 aromatic heterocycles. The molecule has 0 atom stereocenters. The predicted octanol–water partition coefficient (Wildman–Crippen LogP) is 2.34. The minimum Gasteiger partial charge on any atom is -0.502 e. The summed E-state index contributed by atoms with van der Waals surface area (Å²) in [6, 6.07) is 0. The van der Waals surface area contributed by atoms with Crippen molar-refractivity contribution in [2.45, 2.75) is 26.7 Å². The lowest BCUT2D eigenvalue weighted by molar-refractivity contribution is 0.231. The van der Waals surface area contributed by atoms with Crippen molar-refractivity contribution < 1.29 is 4.74 Å². The van der Waals surface area contributed by atoms with Crippen molar-refractivity contribution in [3.05, 3.63) is 12.3 Å². The predicted molar refractivity (Wildman–Crippen MR) is 35.7 cm³/mol. The number of ether oxygens (including phenoxy) is 1. The minimum absolute atomic E-state index is 0.913. The molecule has 1 heteroatoms. The highest BCUT2D eigenvalue weighted by Crippen LogP contribution is 1.97. The molecule has 0 amide bonds. The van der Waals surface area contributed by atoms with Gasteiger partial charge in [0.05, 0.1) is 12.9 Å². The minimum atomic E-state index is 0.913. The van der Waals surface area contributed by atoms with Crippen LogP contribution in [-0.4, -0.2) is 6.61 Å². The monoisotopic (exact) mass is 114 g/mol. The van der Waals surface area contributed by atoms with Gasteiger partial charge in [-0.25, -0.2) is 0 Å². The first-order valence-electron chi connectivity index (χ1n) is 3.27. The highest BCUT2D eigenvalue weighted by atomic mass is 16.5. The summed E-state index contributed by atoms with van der Waals surface area (Å²) < 4.78 is 4.89. The molecule has 0 spiro atoms. The van der Waals surface area contributed by atoms with Gasteiger partial charge in [0.15, 0.2) is 0 Å². The highest BCUT2D eigenvalue weighted by Gasteiger charge is 1.86. The van der Waals surface area contributed by atoms with Crippen LogP contribution in [0.4, 0.5) is 0 Å². The summed E-state index contributed by atoms with van der Waals surface area (Å²) in [7, 11) is 0. The van der Waals surface area contributed by atoms with E-state index in [4.69, 9.17) is 4.74 Å². The molecule has 0 saturated heterocycles. The number of hydrogen-bond acceptors (Lipinski definition) is 1. The Balaban J connectivity index is 0.000000222. The van der Waals surface area contributed by atoms with Crippen LogP contribution >= 0.6 is 0 Å². The maximum atomic E-state index is 4.89. The Kier molecular flexibility index (Phi) is 6.16. The van der Waals surface area contributed by atoms with Gasteiger partial charge in [0.2, 0.25) is 0 Å². The zero-order valence-electron chi connectivity index (χ0n) is 5.68. The Morgan fingerprint density at radius 3 is 2.25 bits per heavy atom. The van der Waals surface area contributed by atoms with Gasteiger partial charge >= 0.3 is 0 Å². The summed E-state index contributed by atoms with van der Waals surface area (Å²) in [5.74, 6) is 0. The van der Waals surface area contributed by atoms with Crippen LogP contribution in [0.15, 0.2) is 12.3 Å². The van der Waals surface area contributed by atoms with Crippen LogP contribution in [0.1, 0.15) is 26.7 Å². The van der Waals surface area contributed by atoms with Gasteiger partial charge in [-0.15, -0.1) is 0 Å². The van der Waals surface area contributed by atoms with Crippen LogP contribution in [0.5, 0.6) is 0 Å². The van der Waals surface area contributed by atoms with E-state index in [1.165, 1.54) is 12.8 Å². The van der Waals surface area contributed by atoms with E-state index in [-0.39, 0.29) is 0 Å². The molecule has 0 radical (unpaired) electrons. The molecule has 0 aliphatic carbocycles. The quantitative estimate of drug-likeness (QED) is 0.469. The fourth-order valence-electron chi connectivity index (χ4n) is 0.489. The van der Waals surface area contributed by atoms with Crippen molar-refractivity contribution in [2.75, 3.05) is 6.61 Å². The molecule has 0 saturated carbocycles. The zero-order valence-corrected chi connectivity index (χ0v) is 5.68. The van der Waals surface area contributed by atoms with Crippen molar-refractivity contribution in [3.8, 4) is 0 Å². The smallest absolute Gasteiger partial charge is 0.0876 e. The maximum absolute atomic E-state index is 4.89. The molecule has 0 N–H and O–H groups in total. The van der Waals surface area contributed by atoms with Gasteiger partial charge < -0.3 is 4.74 Å². The van der Waals surface area contributed by atoms with Gasteiger partial charge in [-0.2, -0.15) is 0 Å². The van der Waals surface area contributed by atoms with Crippen LogP contribution in [0, 0.1) is 0 Å². The number of rotatable bonds is 0. The summed E-state index contributed by atoms with van der Waals surface area (Å²) in [6.07, 6.45) is 6.20. The van der Waals surface area contributed by atoms with Crippen LogP contribution < -0.4 is 0 Å². The summed E-state index contributed by atoms with van der Waals surface area (Å²) in [4.78, 5) is 0. The van der Waals surface area contributed by atoms with E-state index >= 15 is 0 Å². The van der Waals surface area contributed by atoms with Crippen LogP contribution in [0.2, 0.25) is 0 Å². The molecule has 0 aromatic rings. The molecule has 48 valence electrons. The normalized spacial score (nSPS) is 15.8. The van der Waals surface area contributed by atoms with E-state index in [0.717, 1.165) is 6.61 Å². The Morgan fingerprint density at radius 2 is 2.12 bits per heavy atom. The third-order valence-electron chi connectivity index (χ3n) is 0.825. The second kappa shape index (κ2) is 6.54. The Labute approximate surface area is 51.4 Å². The Morgan fingerprint density at radius 1 is 1.38 bits per heavy atom. The molecule has 1 heterocycles. The molecular formula is C7H14O. The molecule has 1 aliphatic rings. The molecule has 1 rings (SSSR count). The topological polar surface area (TPSA) is 9.23 Å². The van der Waals surface area contributed by atoms with E-state index < -0.39 is 0 Å². The van der Waals surface area contributed by atoms with Crippen LogP contribution in [-0.2, 0) is 4.74 Å². The van der Waals surface area contributed by atoms with Gasteiger partial charge in [-0.1, -0.05) is 13.8 Å². The molecule has 8 heavy (non-hydrogen) atoms. The van der Waals surface area contributed by atoms with E-state index in [9.17, 15) is 0 Å². The van der Waals surface area contributed by atoms with E-state index in [1.807, 2.05) is 19.9 Å². The first-order chi connectivity index (χ1) is 4.00. The van der Waals surface area contributed by atoms with Crippen LogP contribution in [0.25, 0.3) is 0 Å². The largest absolute Gasteiger partial charge is 0.502 e. The van der Waals surface area contributed by atoms with E-state index in [2.05, 4.69) is 0 Å². The van der Waals surface area contributed by atoms with Crippen molar-refractivity contribution >= 4 is 0 Å². The molecule has 0 unspecified atom stereocenters. The second-order valence-corrected chi connectivity index (χ2v) is 1.38. The molecule has 0 fully saturated rings. The number of hydrogen-bond donors (Lipinski definition) is 0. The summed E-state index contributed by atoms with van der Waals surface area (Å²) in [6.45, 7) is 4.91. The van der Waals surface area contributed by atoms with Crippen molar-refractivity contribution in [3.63, 3.8) is 0 Å².